The third kappa shape index (κ3) is 5.32. The third-order valence-electron chi connectivity index (χ3n) is 10.2. The molecular formula is C29H44N4O5S. The zero-order valence-corrected chi connectivity index (χ0v) is 24.5. The Balaban J connectivity index is 1.33. The first kappa shape index (κ1) is 28.4. The average molecular weight is 561 g/mol. The number of amides is 3. The van der Waals surface area contributed by atoms with E-state index in [0.29, 0.717) is 51.9 Å². The molecule has 0 radical (unpaired) electrons. The van der Waals surface area contributed by atoms with E-state index in [1.54, 1.807) is 9.80 Å². The van der Waals surface area contributed by atoms with Crippen LogP contribution in [0.2, 0.25) is 0 Å². The highest BCUT2D eigenvalue weighted by molar-refractivity contribution is 7.91. The Morgan fingerprint density at radius 1 is 1.03 bits per heavy atom. The smallest absolute Gasteiger partial charge is 0.321 e. The molecular weight excluding hydrogens is 516 g/mol. The fourth-order valence-electron chi connectivity index (χ4n) is 7.37. The molecule has 0 unspecified atom stereocenters. The van der Waals surface area contributed by atoms with E-state index < -0.39 is 26.2 Å². The average Bonchev–Trinajstić information content (AvgIpc) is 3.13. The van der Waals surface area contributed by atoms with Crippen molar-refractivity contribution in [2.45, 2.75) is 79.7 Å². The van der Waals surface area contributed by atoms with Gasteiger partial charge < -0.3 is 19.8 Å². The number of urea groups is 1. The van der Waals surface area contributed by atoms with Crippen LogP contribution < -0.4 is 0 Å². The molecule has 0 atom stereocenters. The lowest BCUT2D eigenvalue weighted by Crippen LogP contribution is -2.59. The van der Waals surface area contributed by atoms with Gasteiger partial charge in [-0.05, 0) is 77.4 Å². The number of carbonyl (C=O) groups is 2. The third-order valence-corrected chi connectivity index (χ3v) is 11.9. The van der Waals surface area contributed by atoms with Crippen molar-refractivity contribution in [2.75, 3.05) is 53.1 Å². The summed E-state index contributed by atoms with van der Waals surface area (Å²) < 4.78 is 23.9. The first-order valence-electron chi connectivity index (χ1n) is 14.4. The van der Waals surface area contributed by atoms with E-state index in [4.69, 9.17) is 0 Å². The highest BCUT2D eigenvalue weighted by atomic mass is 32.2. The molecule has 1 aromatic carbocycles. The zero-order chi connectivity index (χ0) is 28.1. The Morgan fingerprint density at radius 3 is 2.15 bits per heavy atom. The Morgan fingerprint density at radius 2 is 1.64 bits per heavy atom. The summed E-state index contributed by atoms with van der Waals surface area (Å²) in [6.45, 7) is 1.59. The Bertz CT molecular complexity index is 1170. The molecule has 0 bridgehead atoms. The summed E-state index contributed by atoms with van der Waals surface area (Å²) in [7, 11) is 1.13. The van der Waals surface area contributed by atoms with Gasteiger partial charge in [-0.3, -0.25) is 9.69 Å². The second-order valence-corrected chi connectivity index (χ2v) is 15.1. The lowest BCUT2D eigenvalue weighted by molar-refractivity contribution is -0.132. The van der Waals surface area contributed by atoms with Crippen molar-refractivity contribution < 1.29 is 23.1 Å². The van der Waals surface area contributed by atoms with Crippen LogP contribution in [0.1, 0.15) is 63.4 Å². The zero-order valence-electron chi connectivity index (χ0n) is 23.6. The van der Waals surface area contributed by atoms with Gasteiger partial charge in [-0.1, -0.05) is 30.3 Å². The summed E-state index contributed by atoms with van der Waals surface area (Å²) in [5.74, 6) is -0.127. The molecule has 3 amide bonds. The van der Waals surface area contributed by atoms with Crippen LogP contribution in [-0.4, -0.2) is 115 Å². The predicted octanol–water partition coefficient (Wildman–Crippen LogP) is 2.44. The van der Waals surface area contributed by atoms with Gasteiger partial charge in [0.1, 0.15) is 16.4 Å². The summed E-state index contributed by atoms with van der Waals surface area (Å²) in [6, 6.07) is 10.4. The van der Waals surface area contributed by atoms with Crippen molar-refractivity contribution in [2.24, 2.45) is 0 Å². The van der Waals surface area contributed by atoms with E-state index in [1.165, 1.54) is 11.8 Å². The maximum absolute atomic E-state index is 13.8. The molecule has 216 valence electrons. The van der Waals surface area contributed by atoms with Crippen molar-refractivity contribution in [1.29, 1.82) is 0 Å². The van der Waals surface area contributed by atoms with E-state index in [0.717, 1.165) is 32.1 Å². The molecule has 1 aromatic rings. The first-order chi connectivity index (χ1) is 18.4. The van der Waals surface area contributed by atoms with Gasteiger partial charge in [0.05, 0.1) is 22.9 Å². The van der Waals surface area contributed by atoms with Crippen LogP contribution in [-0.2, 0) is 20.2 Å². The number of likely N-dealkylation sites (tertiary alicyclic amines) is 1. The van der Waals surface area contributed by atoms with Gasteiger partial charge in [0, 0.05) is 31.4 Å². The topological polar surface area (TPSA) is 101 Å². The van der Waals surface area contributed by atoms with Crippen molar-refractivity contribution in [3.8, 4) is 0 Å². The maximum Gasteiger partial charge on any atom is 0.321 e. The molecule has 10 heteroatoms. The number of hydrogen-bond acceptors (Lipinski definition) is 6. The minimum Gasteiger partial charge on any atom is -0.388 e. The number of β-amino-alcohol motifs (C(OH)–C–C–N with tert-alkyl or cyclic N) is 1. The molecule has 1 spiro atoms. The van der Waals surface area contributed by atoms with Gasteiger partial charge in [0.2, 0.25) is 5.91 Å². The van der Waals surface area contributed by atoms with Crippen LogP contribution in [0.4, 0.5) is 4.79 Å². The summed E-state index contributed by atoms with van der Waals surface area (Å²) in [5.41, 5.74) is -0.101. The van der Waals surface area contributed by atoms with Gasteiger partial charge in [-0.25, -0.2) is 13.2 Å². The number of nitrogens with zero attached hydrogens (tertiary/aromatic N) is 4. The Kier molecular flexibility index (Phi) is 7.52. The van der Waals surface area contributed by atoms with E-state index >= 15 is 0 Å². The maximum atomic E-state index is 13.8. The summed E-state index contributed by atoms with van der Waals surface area (Å²) in [5, 5.41) is 10.7. The monoisotopic (exact) mass is 560 g/mol. The van der Waals surface area contributed by atoms with E-state index in [1.807, 2.05) is 11.0 Å². The predicted molar refractivity (Wildman–Crippen MR) is 150 cm³/mol. The largest absolute Gasteiger partial charge is 0.388 e. The van der Waals surface area contributed by atoms with Crippen molar-refractivity contribution in [1.82, 2.24) is 19.6 Å². The van der Waals surface area contributed by atoms with E-state index in [9.17, 15) is 23.1 Å². The summed E-state index contributed by atoms with van der Waals surface area (Å²) in [4.78, 5) is 34.7. The SMILES string of the molecule is CN(C)C1(c2ccccc2)CCC2(CC1)CN(CC(=O)N1CCC(S(C)(=O)=O)CC1)C(=O)N2CC1(O)CCC1. The van der Waals surface area contributed by atoms with E-state index in [-0.39, 0.29) is 24.0 Å². The summed E-state index contributed by atoms with van der Waals surface area (Å²) in [6.07, 6.45) is 7.86. The van der Waals surface area contributed by atoms with Crippen LogP contribution in [0.25, 0.3) is 0 Å². The number of piperidine rings is 1. The fourth-order valence-corrected chi connectivity index (χ4v) is 8.44. The standard InChI is InChI=1S/C29H44N4O5S/c1-30(2)29(23-8-5-4-6-9-23)16-14-27(15-17-29)21-32(26(35)33(27)22-28(36)12-7-13-28)20-25(34)31-18-10-24(11-19-31)39(3,37)38/h4-6,8-9,24,36H,7,10-22H2,1-3H3. The van der Waals surface area contributed by atoms with E-state index in [2.05, 4.69) is 43.3 Å². The molecule has 5 rings (SSSR count). The quantitative estimate of drug-likeness (QED) is 0.550. The van der Waals surface area contributed by atoms with Crippen LogP contribution >= 0.6 is 0 Å². The van der Waals surface area contributed by atoms with Crippen molar-refractivity contribution in [3.63, 3.8) is 0 Å². The number of aliphatic hydroxyl groups is 1. The molecule has 39 heavy (non-hydrogen) atoms. The van der Waals surface area contributed by atoms with Gasteiger partial charge in [-0.15, -0.1) is 0 Å². The number of rotatable bonds is 7. The normalized spacial score (nSPS) is 29.8. The molecule has 0 aromatic heterocycles. The molecule has 1 N–H and O–H groups in total. The Labute approximate surface area is 233 Å². The minimum absolute atomic E-state index is 0.00341. The fraction of sp³-hybridized carbons (Fsp3) is 0.724. The highest BCUT2D eigenvalue weighted by Gasteiger charge is 2.56. The van der Waals surface area contributed by atoms with Crippen LogP contribution in [0.15, 0.2) is 30.3 Å². The molecule has 2 saturated carbocycles. The van der Waals surface area contributed by atoms with Gasteiger partial charge in [-0.2, -0.15) is 0 Å². The number of carbonyl (C=O) groups excluding carboxylic acids is 2. The van der Waals surface area contributed by atoms with Gasteiger partial charge in [0.25, 0.3) is 0 Å². The molecule has 2 aliphatic carbocycles. The van der Waals surface area contributed by atoms with Crippen LogP contribution in [0, 0.1) is 0 Å². The molecule has 9 nitrogen and oxygen atoms in total. The van der Waals surface area contributed by atoms with Gasteiger partial charge in [0.15, 0.2) is 0 Å². The second kappa shape index (κ2) is 10.3. The van der Waals surface area contributed by atoms with Crippen molar-refractivity contribution in [3.05, 3.63) is 35.9 Å². The molecule has 4 aliphatic rings. The van der Waals surface area contributed by atoms with Gasteiger partial charge >= 0.3 is 6.03 Å². The number of benzene rings is 1. The first-order valence-corrected chi connectivity index (χ1v) is 16.3. The number of hydrogen-bond donors (Lipinski definition) is 1. The lowest BCUT2D eigenvalue weighted by Gasteiger charge is -2.52. The molecule has 2 heterocycles. The molecule has 2 saturated heterocycles. The lowest BCUT2D eigenvalue weighted by atomic mass is 9.67. The second-order valence-electron chi connectivity index (χ2n) is 12.7. The van der Waals surface area contributed by atoms with Crippen LogP contribution in [0.5, 0.6) is 0 Å². The van der Waals surface area contributed by atoms with Crippen LogP contribution in [0.3, 0.4) is 0 Å². The molecule has 2 aliphatic heterocycles. The minimum atomic E-state index is -3.12. The Hall–Kier alpha value is -2.17. The summed E-state index contributed by atoms with van der Waals surface area (Å²) >= 11 is 0. The molecule has 4 fully saturated rings. The number of sulfone groups is 1. The highest BCUT2D eigenvalue weighted by Crippen LogP contribution is 2.50. The van der Waals surface area contributed by atoms with Crippen molar-refractivity contribution >= 4 is 21.8 Å².